The van der Waals surface area contributed by atoms with Crippen molar-refractivity contribution in [2.75, 3.05) is 6.61 Å². The number of hydrogen-bond acceptors (Lipinski definition) is 3. The fourth-order valence-corrected chi connectivity index (χ4v) is 7.47. The van der Waals surface area contributed by atoms with E-state index in [0.29, 0.717) is 6.42 Å². The van der Waals surface area contributed by atoms with Gasteiger partial charge in [0.15, 0.2) is 0 Å². The lowest BCUT2D eigenvalue weighted by Gasteiger charge is -2.20. The van der Waals surface area contributed by atoms with Crippen molar-refractivity contribution in [3.8, 4) is 0 Å². The van der Waals surface area contributed by atoms with Gasteiger partial charge in [-0.2, -0.15) is 0 Å². The Hall–Kier alpha value is -1.13. The van der Waals surface area contributed by atoms with Gasteiger partial charge in [0, 0.05) is 6.42 Å². The maximum atomic E-state index is 12.3. The number of allylic oxidation sites excluding steroid dienone is 3. The van der Waals surface area contributed by atoms with Gasteiger partial charge in [0.25, 0.3) is 0 Å². The summed E-state index contributed by atoms with van der Waals surface area (Å²) in [7, 11) is 0. The zero-order valence-electron chi connectivity index (χ0n) is 36.1. The lowest BCUT2D eigenvalue weighted by Crippen LogP contribution is -2.45. The second-order valence-electron chi connectivity index (χ2n) is 16.5. The Balaban J connectivity index is 3.36. The number of carbonyl (C=O) groups is 1. The fourth-order valence-electron chi connectivity index (χ4n) is 7.47. The number of rotatable bonds is 44. The molecular weight excluding hydrogens is 651 g/mol. The van der Waals surface area contributed by atoms with Crippen LogP contribution in [0, 0.1) is 0 Å². The van der Waals surface area contributed by atoms with E-state index in [1.54, 1.807) is 6.08 Å². The van der Waals surface area contributed by atoms with Crippen molar-refractivity contribution >= 4 is 5.91 Å². The number of amides is 1. The predicted octanol–water partition coefficient (Wildman–Crippen LogP) is 15.2. The molecule has 0 aliphatic heterocycles. The molecule has 0 rings (SSSR count). The molecule has 3 N–H and O–H groups in total. The van der Waals surface area contributed by atoms with E-state index in [2.05, 4.69) is 31.3 Å². The molecule has 0 fully saturated rings. The summed E-state index contributed by atoms with van der Waals surface area (Å²) in [4.78, 5) is 12.3. The van der Waals surface area contributed by atoms with Gasteiger partial charge in [-0.15, -0.1) is 0 Å². The van der Waals surface area contributed by atoms with Crippen molar-refractivity contribution in [3.63, 3.8) is 0 Å². The van der Waals surface area contributed by atoms with E-state index in [4.69, 9.17) is 0 Å². The van der Waals surface area contributed by atoms with E-state index < -0.39 is 12.1 Å². The van der Waals surface area contributed by atoms with Crippen LogP contribution in [-0.2, 0) is 4.79 Å². The highest BCUT2D eigenvalue weighted by atomic mass is 16.3. The normalized spacial score (nSPS) is 13.1. The van der Waals surface area contributed by atoms with Crippen molar-refractivity contribution in [2.24, 2.45) is 0 Å². The van der Waals surface area contributed by atoms with Crippen LogP contribution in [0.1, 0.15) is 264 Å². The summed E-state index contributed by atoms with van der Waals surface area (Å²) < 4.78 is 0. The fraction of sp³-hybridized carbons (Fsp3) is 0.898. The van der Waals surface area contributed by atoms with Crippen molar-refractivity contribution < 1.29 is 15.0 Å². The maximum Gasteiger partial charge on any atom is 0.220 e. The van der Waals surface area contributed by atoms with Crippen LogP contribution >= 0.6 is 0 Å². The standard InChI is InChI=1S/C49H95NO3/c1-3-5-7-9-11-13-14-15-16-17-18-19-20-21-22-23-24-25-26-27-28-29-30-31-32-33-34-35-36-37-39-41-43-45-49(53)50-47(46-51)48(52)44-42-40-38-12-10-8-6-4-2/h17-18,42,44,47-48,51-52H,3-16,19-41,43,45-46H2,1-2H3,(H,50,53)/b18-17-,44-42+. The summed E-state index contributed by atoms with van der Waals surface area (Å²) in [5.74, 6) is -0.0634. The maximum absolute atomic E-state index is 12.3. The van der Waals surface area contributed by atoms with Gasteiger partial charge in [0.2, 0.25) is 5.91 Å². The summed E-state index contributed by atoms with van der Waals surface area (Å²) in [5, 5.41) is 22.8. The summed E-state index contributed by atoms with van der Waals surface area (Å²) in [6.07, 6.45) is 59.1. The zero-order chi connectivity index (χ0) is 38.6. The van der Waals surface area contributed by atoms with Gasteiger partial charge in [-0.1, -0.05) is 237 Å². The van der Waals surface area contributed by atoms with Crippen molar-refractivity contribution in [1.29, 1.82) is 0 Å². The quantitative estimate of drug-likeness (QED) is 0.0430. The summed E-state index contributed by atoms with van der Waals surface area (Å²) >= 11 is 0. The number of aliphatic hydroxyl groups is 2. The van der Waals surface area contributed by atoms with Gasteiger partial charge in [0.05, 0.1) is 18.8 Å². The smallest absolute Gasteiger partial charge is 0.220 e. The van der Waals surface area contributed by atoms with Gasteiger partial charge in [-0.25, -0.2) is 0 Å². The topological polar surface area (TPSA) is 69.6 Å². The van der Waals surface area contributed by atoms with Crippen LogP contribution in [0.2, 0.25) is 0 Å². The highest BCUT2D eigenvalue weighted by Crippen LogP contribution is 2.16. The highest BCUT2D eigenvalue weighted by molar-refractivity contribution is 5.76. The first-order valence-electron chi connectivity index (χ1n) is 24.1. The number of hydrogen-bond donors (Lipinski definition) is 3. The minimum atomic E-state index is -0.833. The first-order chi connectivity index (χ1) is 26.2. The number of carbonyl (C=O) groups excluding carboxylic acids is 1. The van der Waals surface area contributed by atoms with E-state index in [1.807, 2.05) is 6.08 Å². The van der Waals surface area contributed by atoms with Gasteiger partial charge in [0.1, 0.15) is 0 Å². The van der Waals surface area contributed by atoms with Crippen LogP contribution in [0.5, 0.6) is 0 Å². The van der Waals surface area contributed by atoms with Crippen LogP contribution in [0.25, 0.3) is 0 Å². The Morgan fingerprint density at radius 1 is 0.434 bits per heavy atom. The third kappa shape index (κ3) is 41.9. The molecular formula is C49H95NO3. The van der Waals surface area contributed by atoms with Crippen molar-refractivity contribution in [1.82, 2.24) is 5.32 Å². The molecule has 4 nitrogen and oxygen atoms in total. The molecule has 4 heteroatoms. The molecule has 0 radical (unpaired) electrons. The monoisotopic (exact) mass is 746 g/mol. The zero-order valence-corrected chi connectivity index (χ0v) is 36.1. The number of unbranched alkanes of at least 4 members (excludes halogenated alkanes) is 35. The van der Waals surface area contributed by atoms with E-state index in [1.165, 1.54) is 218 Å². The second-order valence-corrected chi connectivity index (χ2v) is 16.5. The average molecular weight is 746 g/mol. The first-order valence-corrected chi connectivity index (χ1v) is 24.1. The molecule has 0 aromatic heterocycles. The van der Waals surface area contributed by atoms with E-state index in [0.717, 1.165) is 25.7 Å². The molecule has 0 heterocycles. The molecule has 2 unspecified atom stereocenters. The first kappa shape index (κ1) is 51.9. The van der Waals surface area contributed by atoms with Gasteiger partial charge >= 0.3 is 0 Å². The average Bonchev–Trinajstić information content (AvgIpc) is 3.16. The van der Waals surface area contributed by atoms with Crippen LogP contribution in [0.4, 0.5) is 0 Å². The largest absolute Gasteiger partial charge is 0.394 e. The second kappa shape index (κ2) is 45.3. The van der Waals surface area contributed by atoms with Crippen LogP contribution in [-0.4, -0.2) is 34.9 Å². The molecule has 0 bridgehead atoms. The Morgan fingerprint density at radius 3 is 1.04 bits per heavy atom. The van der Waals surface area contributed by atoms with Gasteiger partial charge < -0.3 is 15.5 Å². The third-order valence-electron chi connectivity index (χ3n) is 11.2. The summed E-state index contributed by atoms with van der Waals surface area (Å²) in [6.45, 7) is 4.28. The summed E-state index contributed by atoms with van der Waals surface area (Å²) in [5.41, 5.74) is 0. The molecule has 0 aliphatic rings. The molecule has 1 amide bonds. The molecule has 0 saturated carbocycles. The minimum Gasteiger partial charge on any atom is -0.394 e. The number of nitrogens with one attached hydrogen (secondary N) is 1. The molecule has 53 heavy (non-hydrogen) atoms. The molecule has 0 saturated heterocycles. The van der Waals surface area contributed by atoms with E-state index in [9.17, 15) is 15.0 Å². The Kier molecular flexibility index (Phi) is 44.3. The number of aliphatic hydroxyl groups excluding tert-OH is 2. The lowest BCUT2D eigenvalue weighted by atomic mass is 10.0. The van der Waals surface area contributed by atoms with Crippen molar-refractivity contribution in [2.45, 2.75) is 276 Å². The Bertz CT molecular complexity index is 765. The lowest BCUT2D eigenvalue weighted by molar-refractivity contribution is -0.123. The molecule has 0 spiro atoms. The molecule has 314 valence electrons. The predicted molar refractivity (Wildman–Crippen MR) is 235 cm³/mol. The van der Waals surface area contributed by atoms with Gasteiger partial charge in [-0.05, 0) is 44.9 Å². The van der Waals surface area contributed by atoms with Crippen molar-refractivity contribution in [3.05, 3.63) is 24.3 Å². The Morgan fingerprint density at radius 2 is 0.717 bits per heavy atom. The van der Waals surface area contributed by atoms with E-state index in [-0.39, 0.29) is 12.5 Å². The third-order valence-corrected chi connectivity index (χ3v) is 11.2. The highest BCUT2D eigenvalue weighted by Gasteiger charge is 2.17. The molecule has 2 atom stereocenters. The minimum absolute atomic E-state index is 0.0634. The molecule has 0 aromatic rings. The Labute approximate surface area is 332 Å². The van der Waals surface area contributed by atoms with Crippen LogP contribution in [0.3, 0.4) is 0 Å². The molecule has 0 aliphatic carbocycles. The molecule has 0 aromatic carbocycles. The van der Waals surface area contributed by atoms with E-state index >= 15 is 0 Å². The van der Waals surface area contributed by atoms with Crippen LogP contribution < -0.4 is 5.32 Å². The SMILES string of the molecule is CCCCCCCC/C=C/C(O)C(CO)NC(=O)CCCCCCCCCCCCCCCCCCCCCCC/C=C\CCCCCCCCCC. The summed E-state index contributed by atoms with van der Waals surface area (Å²) in [6, 6.07) is -0.616. The van der Waals surface area contributed by atoms with Gasteiger partial charge in [-0.3, -0.25) is 4.79 Å². The van der Waals surface area contributed by atoms with Crippen LogP contribution in [0.15, 0.2) is 24.3 Å².